The number of aromatic nitrogens is 2. The number of hydrogen-bond donors (Lipinski definition) is 0. The number of benzene rings is 1. The lowest BCUT2D eigenvalue weighted by Gasteiger charge is -2.08. The van der Waals surface area contributed by atoms with Gasteiger partial charge in [-0.1, -0.05) is 39.1 Å². The second kappa shape index (κ2) is 6.34. The van der Waals surface area contributed by atoms with E-state index in [2.05, 4.69) is 25.9 Å². The summed E-state index contributed by atoms with van der Waals surface area (Å²) in [7, 11) is 0. The number of rotatable bonds is 4. The molecule has 20 heavy (non-hydrogen) atoms. The normalized spacial score (nSPS) is 10.3. The van der Waals surface area contributed by atoms with E-state index in [9.17, 15) is 10.1 Å². The third kappa shape index (κ3) is 3.36. The van der Waals surface area contributed by atoms with E-state index < -0.39 is 4.92 Å². The van der Waals surface area contributed by atoms with E-state index in [0.717, 1.165) is 0 Å². The van der Waals surface area contributed by atoms with Crippen molar-refractivity contribution in [1.82, 2.24) is 9.97 Å². The van der Waals surface area contributed by atoms with E-state index in [1.807, 2.05) is 0 Å². The molecule has 1 aromatic carbocycles. The molecule has 0 N–H and O–H groups in total. The monoisotopic (exact) mass is 377 g/mol. The molecule has 0 atom stereocenters. The van der Waals surface area contributed by atoms with E-state index in [1.54, 1.807) is 6.07 Å². The minimum Gasteiger partial charge on any atom is -0.482 e. The highest BCUT2D eigenvalue weighted by Crippen LogP contribution is 2.31. The highest BCUT2D eigenvalue weighted by atomic mass is 79.9. The van der Waals surface area contributed by atoms with Crippen molar-refractivity contribution in [2.24, 2.45) is 0 Å². The van der Waals surface area contributed by atoms with Crippen LogP contribution in [-0.4, -0.2) is 14.9 Å². The largest absolute Gasteiger partial charge is 0.482 e. The van der Waals surface area contributed by atoms with Crippen molar-refractivity contribution >= 4 is 44.8 Å². The Labute approximate surface area is 132 Å². The van der Waals surface area contributed by atoms with Gasteiger partial charge in [-0.05, 0) is 12.1 Å². The molecule has 2 rings (SSSR count). The van der Waals surface area contributed by atoms with Gasteiger partial charge in [0.1, 0.15) is 23.2 Å². The van der Waals surface area contributed by atoms with E-state index in [4.69, 9.17) is 27.9 Å². The molecule has 0 aliphatic carbocycles. The van der Waals surface area contributed by atoms with Crippen molar-refractivity contribution in [2.45, 2.75) is 6.61 Å². The first kappa shape index (κ1) is 15.0. The lowest BCUT2D eigenvalue weighted by Crippen LogP contribution is -2.02. The summed E-state index contributed by atoms with van der Waals surface area (Å²) in [6, 6.07) is 4.46. The number of ether oxygens (including phenoxy) is 1. The number of nitro benzene ring substituents is 1. The summed E-state index contributed by atoms with van der Waals surface area (Å²) < 4.78 is 5.97. The zero-order valence-corrected chi connectivity index (χ0v) is 12.8. The third-order valence-corrected chi connectivity index (χ3v) is 3.47. The molecule has 0 spiro atoms. The van der Waals surface area contributed by atoms with Gasteiger partial charge < -0.3 is 4.74 Å². The average molecular weight is 379 g/mol. The summed E-state index contributed by atoms with van der Waals surface area (Å²) in [6.07, 6.45) is 1.22. The zero-order valence-electron chi connectivity index (χ0n) is 9.72. The molecule has 0 saturated heterocycles. The Hall–Kier alpha value is -1.44. The molecule has 0 aliphatic rings. The van der Waals surface area contributed by atoms with E-state index in [-0.39, 0.29) is 28.3 Å². The van der Waals surface area contributed by atoms with E-state index in [1.165, 1.54) is 18.5 Å². The molecule has 9 heteroatoms. The predicted octanol–water partition coefficient (Wildman–Crippen LogP) is 4.03. The summed E-state index contributed by atoms with van der Waals surface area (Å²) in [5, 5.41) is 11.2. The molecule has 0 amide bonds. The van der Waals surface area contributed by atoms with Gasteiger partial charge in [0.2, 0.25) is 0 Å². The van der Waals surface area contributed by atoms with Crippen LogP contribution in [0.4, 0.5) is 5.69 Å². The van der Waals surface area contributed by atoms with Crippen molar-refractivity contribution in [3.63, 3.8) is 0 Å². The van der Waals surface area contributed by atoms with Crippen LogP contribution in [0.1, 0.15) is 5.56 Å². The van der Waals surface area contributed by atoms with Gasteiger partial charge in [0.05, 0.1) is 10.5 Å². The van der Waals surface area contributed by atoms with Crippen molar-refractivity contribution in [1.29, 1.82) is 0 Å². The molecule has 0 saturated carbocycles. The first-order chi connectivity index (χ1) is 9.49. The fourth-order valence-electron chi connectivity index (χ4n) is 1.40. The number of halogens is 3. The molecule has 1 aromatic heterocycles. The SMILES string of the molecule is O=[N+]([O-])c1cc(Br)ccc1OCc1c(Cl)ncnc1Cl. The first-order valence-electron chi connectivity index (χ1n) is 5.20. The van der Waals surface area contributed by atoms with Crippen molar-refractivity contribution < 1.29 is 9.66 Å². The van der Waals surface area contributed by atoms with Crippen LogP contribution in [0.3, 0.4) is 0 Å². The van der Waals surface area contributed by atoms with Crippen LogP contribution in [0.5, 0.6) is 5.75 Å². The molecular formula is C11H6BrCl2N3O3. The smallest absolute Gasteiger partial charge is 0.312 e. The third-order valence-electron chi connectivity index (χ3n) is 2.33. The Morgan fingerprint density at radius 1 is 1.30 bits per heavy atom. The highest BCUT2D eigenvalue weighted by Gasteiger charge is 2.17. The molecule has 104 valence electrons. The lowest BCUT2D eigenvalue weighted by atomic mass is 10.3. The van der Waals surface area contributed by atoms with E-state index in [0.29, 0.717) is 10.0 Å². The fourth-order valence-corrected chi connectivity index (χ4v) is 2.17. The molecule has 2 aromatic rings. The maximum atomic E-state index is 10.9. The van der Waals surface area contributed by atoms with Gasteiger partial charge in [0.25, 0.3) is 0 Å². The van der Waals surface area contributed by atoms with Crippen molar-refractivity contribution in [3.8, 4) is 5.75 Å². The maximum Gasteiger partial charge on any atom is 0.312 e. The molecule has 6 nitrogen and oxygen atoms in total. The van der Waals surface area contributed by atoms with Crippen LogP contribution < -0.4 is 4.74 Å². The molecule has 0 fully saturated rings. The predicted molar refractivity (Wildman–Crippen MR) is 77.2 cm³/mol. The van der Waals surface area contributed by atoms with Crippen molar-refractivity contribution in [2.75, 3.05) is 0 Å². The molecule has 0 aliphatic heterocycles. The summed E-state index contributed by atoms with van der Waals surface area (Å²) in [5.41, 5.74) is 0.205. The summed E-state index contributed by atoms with van der Waals surface area (Å²) in [4.78, 5) is 18.0. The molecule has 1 heterocycles. The van der Waals surface area contributed by atoms with Gasteiger partial charge in [-0.2, -0.15) is 0 Å². The number of nitrogens with zero attached hydrogens (tertiary/aromatic N) is 3. The first-order valence-corrected chi connectivity index (χ1v) is 6.75. The van der Waals surface area contributed by atoms with Gasteiger partial charge in [0.15, 0.2) is 5.75 Å². The van der Waals surface area contributed by atoms with Crippen LogP contribution >= 0.6 is 39.1 Å². The Bertz CT molecular complexity index is 649. The number of nitro groups is 1. The second-order valence-corrected chi connectivity index (χ2v) is 5.22. The van der Waals surface area contributed by atoms with Crippen LogP contribution in [-0.2, 0) is 6.61 Å². The fraction of sp³-hybridized carbons (Fsp3) is 0.0909. The summed E-state index contributed by atoms with van der Waals surface area (Å²) >= 11 is 14.9. The summed E-state index contributed by atoms with van der Waals surface area (Å²) in [6.45, 7) is -0.0685. The van der Waals surface area contributed by atoms with Gasteiger partial charge in [-0.15, -0.1) is 0 Å². The van der Waals surface area contributed by atoms with Gasteiger partial charge >= 0.3 is 5.69 Å². The standard InChI is InChI=1S/C11H6BrCl2N3O3/c12-6-1-2-9(8(3-6)17(18)19)20-4-7-10(13)15-5-16-11(7)14/h1-3,5H,4H2. The summed E-state index contributed by atoms with van der Waals surface area (Å²) in [5.74, 6) is 0.106. The van der Waals surface area contributed by atoms with Gasteiger partial charge in [-0.3, -0.25) is 10.1 Å². The molecule has 0 radical (unpaired) electrons. The Morgan fingerprint density at radius 2 is 1.95 bits per heavy atom. The topological polar surface area (TPSA) is 78.2 Å². The molecular weight excluding hydrogens is 373 g/mol. The quantitative estimate of drug-likeness (QED) is 0.455. The number of hydrogen-bond acceptors (Lipinski definition) is 5. The average Bonchev–Trinajstić information content (AvgIpc) is 2.39. The minimum absolute atomic E-state index is 0.0685. The van der Waals surface area contributed by atoms with Crippen LogP contribution in [0, 0.1) is 10.1 Å². The Morgan fingerprint density at radius 3 is 2.55 bits per heavy atom. The van der Waals surface area contributed by atoms with E-state index >= 15 is 0 Å². The maximum absolute atomic E-state index is 10.9. The van der Waals surface area contributed by atoms with Gasteiger partial charge in [0, 0.05) is 10.5 Å². The minimum atomic E-state index is -0.537. The highest BCUT2D eigenvalue weighted by molar-refractivity contribution is 9.10. The molecule has 0 unspecified atom stereocenters. The van der Waals surface area contributed by atoms with Crippen LogP contribution in [0.15, 0.2) is 29.0 Å². The van der Waals surface area contributed by atoms with Crippen LogP contribution in [0.2, 0.25) is 10.3 Å². The lowest BCUT2D eigenvalue weighted by molar-refractivity contribution is -0.386. The Balaban J connectivity index is 2.25. The second-order valence-electron chi connectivity index (χ2n) is 3.59. The molecule has 0 bridgehead atoms. The van der Waals surface area contributed by atoms with Crippen molar-refractivity contribution in [3.05, 3.63) is 55.0 Å². The van der Waals surface area contributed by atoms with Gasteiger partial charge in [-0.25, -0.2) is 9.97 Å². The Kier molecular flexibility index (Phi) is 4.74. The van der Waals surface area contributed by atoms with Crippen LogP contribution in [0.25, 0.3) is 0 Å². The zero-order chi connectivity index (χ0) is 14.7.